The first-order valence-corrected chi connectivity index (χ1v) is 14.1. The maximum absolute atomic E-state index is 13.2. The molecule has 0 saturated carbocycles. The van der Waals surface area contributed by atoms with Crippen LogP contribution in [0.2, 0.25) is 0 Å². The van der Waals surface area contributed by atoms with Gasteiger partial charge in [-0.15, -0.1) is 0 Å². The molecule has 1 amide bonds. The summed E-state index contributed by atoms with van der Waals surface area (Å²) in [5.74, 6) is -0.345. The van der Waals surface area contributed by atoms with E-state index in [-0.39, 0.29) is 47.7 Å². The fourth-order valence-electron chi connectivity index (χ4n) is 5.65. The lowest BCUT2D eigenvalue weighted by atomic mass is 9.96. The van der Waals surface area contributed by atoms with Gasteiger partial charge in [-0.25, -0.2) is 12.7 Å². The van der Waals surface area contributed by atoms with Crippen LogP contribution in [0.15, 0.2) is 35.1 Å². The minimum absolute atomic E-state index is 0.0505. The molecule has 1 aromatic carbocycles. The Balaban J connectivity index is 1.44. The summed E-state index contributed by atoms with van der Waals surface area (Å²) in [4.78, 5) is 28.7. The van der Waals surface area contributed by atoms with E-state index in [1.165, 1.54) is 11.4 Å². The molecule has 3 heterocycles. The zero-order valence-corrected chi connectivity index (χ0v) is 21.7. The van der Waals surface area contributed by atoms with Crippen molar-refractivity contribution in [3.8, 4) is 0 Å². The molecule has 192 valence electrons. The molecule has 2 fully saturated rings. The van der Waals surface area contributed by atoms with Crippen LogP contribution in [0.5, 0.6) is 0 Å². The summed E-state index contributed by atoms with van der Waals surface area (Å²) >= 11 is 0. The summed E-state index contributed by atoms with van der Waals surface area (Å²) < 4.78 is 26.1. The monoisotopic (exact) mass is 504 g/mol. The lowest BCUT2D eigenvalue weighted by molar-refractivity contribution is 0.0448. The highest BCUT2D eigenvalue weighted by Gasteiger charge is 2.42. The van der Waals surface area contributed by atoms with Gasteiger partial charge in [0, 0.05) is 44.3 Å². The Labute approximate surface area is 206 Å². The van der Waals surface area contributed by atoms with E-state index in [0.29, 0.717) is 6.54 Å². The van der Waals surface area contributed by atoms with Crippen LogP contribution in [-0.2, 0) is 10.0 Å². The predicted molar refractivity (Wildman–Crippen MR) is 136 cm³/mol. The number of fused-ring (bicyclic) bond motifs is 3. The summed E-state index contributed by atoms with van der Waals surface area (Å²) in [6.07, 6.45) is 3.77. The number of para-hydroxylation sites is 1. The SMILES string of the molecule is CC(C)n1c(=O)c(C(=O)NC2CC3CCC(C2)N3C[C@@H](O)CN(C)S(C)(=O)=O)cc2ccccc21. The number of hydrogen-bond acceptors (Lipinski definition) is 6. The van der Waals surface area contributed by atoms with Crippen LogP contribution in [0.3, 0.4) is 0 Å². The number of aromatic nitrogens is 1. The maximum atomic E-state index is 13.2. The van der Waals surface area contributed by atoms with Crippen LogP contribution in [0.25, 0.3) is 10.9 Å². The largest absolute Gasteiger partial charge is 0.390 e. The molecule has 3 atom stereocenters. The molecule has 2 unspecified atom stereocenters. The van der Waals surface area contributed by atoms with Crippen molar-refractivity contribution in [3.05, 3.63) is 46.2 Å². The van der Waals surface area contributed by atoms with Crippen molar-refractivity contribution >= 4 is 26.8 Å². The standard InChI is InChI=1S/C25H36N4O5S/c1-16(2)29-23-8-6-5-7-17(23)11-22(25(29)32)24(31)26-18-12-19-9-10-20(13-18)28(19)15-21(30)14-27(3)35(4,33)34/h5-8,11,16,18-21,30H,9-10,12-15H2,1-4H3,(H,26,31)/t18?,19?,20?,21-/m0/s1. The van der Waals surface area contributed by atoms with Gasteiger partial charge in [0.2, 0.25) is 10.0 Å². The first-order chi connectivity index (χ1) is 16.5. The van der Waals surface area contributed by atoms with Crippen molar-refractivity contribution in [1.82, 2.24) is 19.1 Å². The van der Waals surface area contributed by atoms with Crippen LogP contribution in [0.1, 0.15) is 55.9 Å². The van der Waals surface area contributed by atoms with Gasteiger partial charge in [0.15, 0.2) is 0 Å². The normalized spacial score (nSPS) is 23.8. The molecule has 2 bridgehead atoms. The smallest absolute Gasteiger partial charge is 0.264 e. The fourth-order valence-corrected chi connectivity index (χ4v) is 6.09. The van der Waals surface area contributed by atoms with Gasteiger partial charge in [-0.1, -0.05) is 18.2 Å². The van der Waals surface area contributed by atoms with Crippen molar-refractivity contribution in [1.29, 1.82) is 0 Å². The van der Waals surface area contributed by atoms with E-state index in [2.05, 4.69) is 10.2 Å². The number of hydrogen-bond donors (Lipinski definition) is 2. The number of nitrogens with one attached hydrogen (secondary N) is 1. The first-order valence-electron chi connectivity index (χ1n) is 12.3. The highest BCUT2D eigenvalue weighted by Crippen LogP contribution is 2.36. The van der Waals surface area contributed by atoms with E-state index in [1.807, 2.05) is 38.1 Å². The maximum Gasteiger partial charge on any atom is 0.264 e. The molecular formula is C25H36N4O5S. The third-order valence-corrected chi connectivity index (χ3v) is 8.66. The van der Waals surface area contributed by atoms with Crippen LogP contribution in [0.4, 0.5) is 0 Å². The van der Waals surface area contributed by atoms with Crippen LogP contribution >= 0.6 is 0 Å². The summed E-state index contributed by atoms with van der Waals surface area (Å²) in [6.45, 7) is 4.33. The van der Waals surface area contributed by atoms with Crippen LogP contribution < -0.4 is 10.9 Å². The minimum Gasteiger partial charge on any atom is -0.390 e. The number of piperidine rings is 1. The van der Waals surface area contributed by atoms with E-state index in [9.17, 15) is 23.1 Å². The van der Waals surface area contributed by atoms with Gasteiger partial charge in [0.25, 0.3) is 11.5 Å². The number of carbonyl (C=O) groups excluding carboxylic acids is 1. The van der Waals surface area contributed by atoms with E-state index in [0.717, 1.165) is 42.8 Å². The highest BCUT2D eigenvalue weighted by molar-refractivity contribution is 7.88. The second kappa shape index (κ2) is 10.0. The molecule has 4 rings (SSSR count). The van der Waals surface area contributed by atoms with E-state index < -0.39 is 16.1 Å². The quantitative estimate of drug-likeness (QED) is 0.564. The number of rotatable bonds is 8. The molecule has 2 N–H and O–H groups in total. The average Bonchev–Trinajstić information content (AvgIpc) is 2.99. The molecule has 0 radical (unpaired) electrons. The number of nitrogens with zero attached hydrogens (tertiary/aromatic N) is 3. The number of sulfonamides is 1. The Morgan fingerprint density at radius 3 is 2.43 bits per heavy atom. The van der Waals surface area contributed by atoms with Crippen molar-refractivity contribution in [2.75, 3.05) is 26.4 Å². The zero-order valence-electron chi connectivity index (χ0n) is 20.8. The van der Waals surface area contributed by atoms with Crippen molar-refractivity contribution in [2.45, 2.75) is 69.8 Å². The van der Waals surface area contributed by atoms with Gasteiger partial charge in [-0.2, -0.15) is 0 Å². The minimum atomic E-state index is -3.34. The number of benzene rings is 1. The van der Waals surface area contributed by atoms with E-state index in [4.69, 9.17) is 0 Å². The van der Waals surface area contributed by atoms with Crippen LogP contribution in [-0.4, -0.2) is 83.8 Å². The van der Waals surface area contributed by atoms with Gasteiger partial charge < -0.3 is 15.0 Å². The Bertz CT molecular complexity index is 1240. The Kier molecular flexibility index (Phi) is 7.38. The molecule has 9 nitrogen and oxygen atoms in total. The van der Waals surface area contributed by atoms with Gasteiger partial charge in [0.05, 0.1) is 17.9 Å². The first kappa shape index (κ1) is 25.8. The number of likely N-dealkylation sites (N-methyl/N-ethyl adjacent to an activating group) is 1. The third-order valence-electron chi connectivity index (χ3n) is 7.38. The van der Waals surface area contributed by atoms with Crippen molar-refractivity contribution < 1.29 is 18.3 Å². The predicted octanol–water partition coefficient (Wildman–Crippen LogP) is 1.56. The Hall–Kier alpha value is -2.27. The molecule has 10 heteroatoms. The lowest BCUT2D eigenvalue weighted by Gasteiger charge is -2.40. The average molecular weight is 505 g/mol. The van der Waals surface area contributed by atoms with E-state index >= 15 is 0 Å². The van der Waals surface area contributed by atoms with Crippen molar-refractivity contribution in [2.24, 2.45) is 0 Å². The molecular weight excluding hydrogens is 468 g/mol. The van der Waals surface area contributed by atoms with Crippen LogP contribution in [0, 0.1) is 0 Å². The lowest BCUT2D eigenvalue weighted by Crippen LogP contribution is -2.53. The molecule has 35 heavy (non-hydrogen) atoms. The molecule has 0 spiro atoms. The summed E-state index contributed by atoms with van der Waals surface area (Å²) in [7, 11) is -1.88. The molecule has 2 aromatic rings. The van der Waals surface area contributed by atoms with Crippen molar-refractivity contribution in [3.63, 3.8) is 0 Å². The number of carbonyl (C=O) groups is 1. The number of aliphatic hydroxyl groups is 1. The van der Waals surface area contributed by atoms with Gasteiger partial charge in [-0.3, -0.25) is 14.5 Å². The van der Waals surface area contributed by atoms with E-state index in [1.54, 1.807) is 10.6 Å². The molecule has 2 aliphatic heterocycles. The molecule has 2 aliphatic rings. The number of amides is 1. The fraction of sp³-hybridized carbons (Fsp3) is 0.600. The second-order valence-corrected chi connectivity index (χ2v) is 12.4. The Morgan fingerprint density at radius 1 is 1.20 bits per heavy atom. The Morgan fingerprint density at radius 2 is 1.83 bits per heavy atom. The molecule has 1 aromatic heterocycles. The topological polar surface area (TPSA) is 112 Å². The van der Waals surface area contributed by atoms with Gasteiger partial charge in [-0.05, 0) is 57.0 Å². The molecule has 2 saturated heterocycles. The third kappa shape index (κ3) is 5.45. The molecule has 0 aliphatic carbocycles. The summed E-state index contributed by atoms with van der Waals surface area (Å²) in [6, 6.07) is 9.57. The second-order valence-electron chi connectivity index (χ2n) is 10.3. The number of pyridine rings is 1. The highest BCUT2D eigenvalue weighted by atomic mass is 32.2. The number of aliphatic hydroxyl groups excluding tert-OH is 1. The van der Waals surface area contributed by atoms with Gasteiger partial charge >= 0.3 is 0 Å². The zero-order chi connectivity index (χ0) is 25.5. The van der Waals surface area contributed by atoms with Gasteiger partial charge in [0.1, 0.15) is 5.56 Å². The summed E-state index contributed by atoms with van der Waals surface area (Å²) in [5, 5.41) is 14.5. The summed E-state index contributed by atoms with van der Waals surface area (Å²) in [5.41, 5.74) is 0.691.